The molecule has 1 saturated heterocycles. The number of carbonyl (C=O) groups excluding carboxylic acids is 1. The maximum absolute atomic E-state index is 12.1. The zero-order valence-electron chi connectivity index (χ0n) is 16.1. The summed E-state index contributed by atoms with van der Waals surface area (Å²) in [6, 6.07) is 11.6. The SMILES string of the molecule is Cc1ccc(NC(=S)NCCSCc2ccc(Cl)cc2Cl)cc1N1CCCC1=O. The molecule has 0 bridgehead atoms. The fourth-order valence-electron chi connectivity index (χ4n) is 3.11. The number of rotatable bonds is 7. The summed E-state index contributed by atoms with van der Waals surface area (Å²) in [6.07, 6.45) is 1.53. The number of thioether (sulfide) groups is 1. The number of nitrogens with one attached hydrogen (secondary N) is 2. The smallest absolute Gasteiger partial charge is 0.227 e. The number of hydrogen-bond acceptors (Lipinski definition) is 3. The van der Waals surface area contributed by atoms with Crippen LogP contribution < -0.4 is 15.5 Å². The third kappa shape index (κ3) is 6.25. The highest BCUT2D eigenvalue weighted by atomic mass is 35.5. The van der Waals surface area contributed by atoms with Crippen molar-refractivity contribution in [2.45, 2.75) is 25.5 Å². The standard InChI is InChI=1S/C21H23Cl2N3OS2/c1-14-4-7-17(12-19(14)26-9-2-3-20(26)27)25-21(28)24-8-10-29-13-15-5-6-16(22)11-18(15)23/h4-7,11-12H,2-3,8-10,13H2,1H3,(H2,24,25,28). The van der Waals surface area contributed by atoms with Crippen LogP contribution in [-0.2, 0) is 10.5 Å². The van der Waals surface area contributed by atoms with E-state index in [0.717, 1.165) is 53.5 Å². The van der Waals surface area contributed by atoms with E-state index in [-0.39, 0.29) is 5.91 Å². The lowest BCUT2D eigenvalue weighted by molar-refractivity contribution is -0.117. The molecule has 29 heavy (non-hydrogen) atoms. The van der Waals surface area contributed by atoms with Gasteiger partial charge in [-0.05, 0) is 61.0 Å². The number of nitrogens with zero attached hydrogens (tertiary/aromatic N) is 1. The second-order valence-corrected chi connectivity index (χ2v) is 9.18. The monoisotopic (exact) mass is 467 g/mol. The Morgan fingerprint density at radius 2 is 2.07 bits per heavy atom. The molecule has 1 fully saturated rings. The molecule has 2 aromatic carbocycles. The third-order valence-electron chi connectivity index (χ3n) is 4.64. The highest BCUT2D eigenvalue weighted by Gasteiger charge is 2.23. The fraction of sp³-hybridized carbons (Fsp3) is 0.333. The van der Waals surface area contributed by atoms with Gasteiger partial charge in [0.2, 0.25) is 5.91 Å². The predicted octanol–water partition coefficient (Wildman–Crippen LogP) is 5.65. The van der Waals surface area contributed by atoms with E-state index in [4.69, 9.17) is 35.4 Å². The molecule has 0 aliphatic carbocycles. The second-order valence-electron chi connectivity index (χ2n) is 6.82. The Morgan fingerprint density at radius 3 is 2.79 bits per heavy atom. The van der Waals surface area contributed by atoms with Crippen molar-refractivity contribution in [1.29, 1.82) is 0 Å². The summed E-state index contributed by atoms with van der Waals surface area (Å²) in [5, 5.41) is 8.34. The van der Waals surface area contributed by atoms with Crippen LogP contribution in [0.1, 0.15) is 24.0 Å². The summed E-state index contributed by atoms with van der Waals surface area (Å²) in [6.45, 7) is 3.54. The molecule has 0 unspecified atom stereocenters. The second kappa shape index (κ2) is 10.5. The van der Waals surface area contributed by atoms with Gasteiger partial charge in [0.15, 0.2) is 5.11 Å². The van der Waals surface area contributed by atoms with Gasteiger partial charge in [0, 0.05) is 52.4 Å². The lowest BCUT2D eigenvalue weighted by Gasteiger charge is -2.20. The van der Waals surface area contributed by atoms with Crippen LogP contribution in [-0.4, -0.2) is 29.9 Å². The van der Waals surface area contributed by atoms with Crippen molar-refractivity contribution >= 4 is 69.6 Å². The minimum Gasteiger partial charge on any atom is -0.362 e. The maximum Gasteiger partial charge on any atom is 0.227 e. The van der Waals surface area contributed by atoms with E-state index >= 15 is 0 Å². The molecule has 1 aliphatic rings. The molecular weight excluding hydrogens is 445 g/mol. The zero-order valence-corrected chi connectivity index (χ0v) is 19.3. The number of amides is 1. The quantitative estimate of drug-likeness (QED) is 0.406. The minimum absolute atomic E-state index is 0.184. The van der Waals surface area contributed by atoms with Gasteiger partial charge in [-0.15, -0.1) is 0 Å². The van der Waals surface area contributed by atoms with E-state index in [1.54, 1.807) is 17.8 Å². The maximum atomic E-state index is 12.1. The van der Waals surface area contributed by atoms with Crippen molar-refractivity contribution in [3.63, 3.8) is 0 Å². The molecule has 1 aliphatic heterocycles. The van der Waals surface area contributed by atoms with E-state index in [0.29, 0.717) is 21.6 Å². The van der Waals surface area contributed by atoms with Crippen molar-refractivity contribution in [3.05, 3.63) is 57.6 Å². The van der Waals surface area contributed by atoms with Crippen LogP contribution >= 0.6 is 47.2 Å². The summed E-state index contributed by atoms with van der Waals surface area (Å²) in [7, 11) is 0. The number of hydrogen-bond donors (Lipinski definition) is 2. The molecule has 2 aromatic rings. The number of carbonyl (C=O) groups is 1. The summed E-state index contributed by atoms with van der Waals surface area (Å²) in [4.78, 5) is 13.9. The topological polar surface area (TPSA) is 44.4 Å². The van der Waals surface area contributed by atoms with Crippen molar-refractivity contribution in [2.24, 2.45) is 0 Å². The van der Waals surface area contributed by atoms with Gasteiger partial charge in [-0.1, -0.05) is 35.3 Å². The van der Waals surface area contributed by atoms with Crippen molar-refractivity contribution in [3.8, 4) is 0 Å². The van der Waals surface area contributed by atoms with Crippen LogP contribution in [0.3, 0.4) is 0 Å². The van der Waals surface area contributed by atoms with Crippen molar-refractivity contribution in [2.75, 3.05) is 29.1 Å². The van der Waals surface area contributed by atoms with Gasteiger partial charge in [0.05, 0.1) is 0 Å². The average Bonchev–Trinajstić information content (AvgIpc) is 3.10. The van der Waals surface area contributed by atoms with Crippen LogP contribution in [0.5, 0.6) is 0 Å². The molecule has 0 spiro atoms. The lowest BCUT2D eigenvalue weighted by Crippen LogP contribution is -2.30. The molecule has 154 valence electrons. The Bertz CT molecular complexity index is 907. The first-order chi connectivity index (χ1) is 13.9. The molecule has 3 rings (SSSR count). The van der Waals surface area contributed by atoms with Gasteiger partial charge >= 0.3 is 0 Å². The Labute approximate surface area is 191 Å². The Kier molecular flexibility index (Phi) is 8.07. The van der Waals surface area contributed by atoms with Crippen molar-refractivity contribution in [1.82, 2.24) is 5.32 Å². The van der Waals surface area contributed by atoms with Gasteiger partial charge in [0.1, 0.15) is 0 Å². The van der Waals surface area contributed by atoms with Crippen LogP contribution in [0, 0.1) is 6.92 Å². The summed E-state index contributed by atoms with van der Waals surface area (Å²) >= 11 is 19.3. The van der Waals surface area contributed by atoms with Gasteiger partial charge in [-0.3, -0.25) is 4.79 Å². The van der Waals surface area contributed by atoms with Gasteiger partial charge in [-0.25, -0.2) is 0 Å². The summed E-state index contributed by atoms with van der Waals surface area (Å²) in [5.74, 6) is 1.90. The van der Waals surface area contributed by atoms with Crippen LogP contribution in [0.15, 0.2) is 36.4 Å². The van der Waals surface area contributed by atoms with Crippen molar-refractivity contribution < 1.29 is 4.79 Å². The van der Waals surface area contributed by atoms with E-state index in [2.05, 4.69) is 10.6 Å². The molecular formula is C21H23Cl2N3OS2. The van der Waals surface area contributed by atoms with E-state index in [1.165, 1.54) is 0 Å². The molecule has 0 aromatic heterocycles. The number of thiocarbonyl (C=S) groups is 1. The van der Waals surface area contributed by atoms with Gasteiger partial charge < -0.3 is 15.5 Å². The first kappa shape index (κ1) is 22.2. The largest absolute Gasteiger partial charge is 0.362 e. The fourth-order valence-corrected chi connectivity index (χ4v) is 4.75. The Morgan fingerprint density at radius 1 is 1.24 bits per heavy atom. The average molecular weight is 468 g/mol. The highest BCUT2D eigenvalue weighted by Crippen LogP contribution is 2.28. The molecule has 8 heteroatoms. The first-order valence-electron chi connectivity index (χ1n) is 9.41. The Balaban J connectivity index is 1.44. The molecule has 4 nitrogen and oxygen atoms in total. The minimum atomic E-state index is 0.184. The molecule has 1 amide bonds. The number of aryl methyl sites for hydroxylation is 1. The zero-order chi connectivity index (χ0) is 20.8. The van der Waals surface area contributed by atoms with E-state index < -0.39 is 0 Å². The van der Waals surface area contributed by atoms with E-state index in [9.17, 15) is 4.79 Å². The third-order valence-corrected chi connectivity index (χ3v) is 6.48. The normalized spacial score (nSPS) is 13.6. The van der Waals surface area contributed by atoms with Gasteiger partial charge in [-0.2, -0.15) is 11.8 Å². The summed E-state index contributed by atoms with van der Waals surface area (Å²) in [5.41, 5.74) is 3.99. The van der Waals surface area contributed by atoms with Crippen LogP contribution in [0.4, 0.5) is 11.4 Å². The molecule has 0 atom stereocenters. The van der Waals surface area contributed by atoms with Gasteiger partial charge in [0.25, 0.3) is 0 Å². The first-order valence-corrected chi connectivity index (χ1v) is 11.7. The lowest BCUT2D eigenvalue weighted by atomic mass is 10.1. The number of halogens is 2. The van der Waals surface area contributed by atoms with E-state index in [1.807, 2.05) is 42.2 Å². The predicted molar refractivity (Wildman–Crippen MR) is 130 cm³/mol. The number of anilines is 2. The number of benzene rings is 2. The summed E-state index contributed by atoms with van der Waals surface area (Å²) < 4.78 is 0. The Hall–Kier alpha value is -1.47. The van der Waals surface area contributed by atoms with Crippen LogP contribution in [0.25, 0.3) is 0 Å². The molecule has 0 saturated carbocycles. The van der Waals surface area contributed by atoms with Crippen LogP contribution in [0.2, 0.25) is 10.0 Å². The highest BCUT2D eigenvalue weighted by molar-refractivity contribution is 7.98. The molecule has 1 heterocycles. The molecule has 2 N–H and O–H groups in total. The molecule has 0 radical (unpaired) electrons.